The zero-order chi connectivity index (χ0) is 22.0. The van der Waals surface area contributed by atoms with E-state index in [2.05, 4.69) is 4.90 Å². The summed E-state index contributed by atoms with van der Waals surface area (Å²) in [5.74, 6) is -0.524. The molecule has 1 fully saturated rings. The average molecular weight is 438 g/mol. The van der Waals surface area contributed by atoms with Gasteiger partial charge in [0.2, 0.25) is 0 Å². The molecular weight excluding hydrogens is 414 g/mol. The molecule has 3 aromatic rings. The third-order valence-corrected chi connectivity index (χ3v) is 7.16. The Bertz CT molecular complexity index is 1260. The van der Waals surface area contributed by atoms with Crippen LogP contribution in [0, 0.1) is 18.3 Å². The second-order valence-electron chi connectivity index (χ2n) is 7.65. The second kappa shape index (κ2) is 8.63. The summed E-state index contributed by atoms with van der Waals surface area (Å²) in [4.78, 5) is 15.0. The monoisotopic (exact) mass is 437 g/mol. The van der Waals surface area contributed by atoms with Crippen LogP contribution in [0.2, 0.25) is 0 Å². The van der Waals surface area contributed by atoms with Gasteiger partial charge in [-0.05, 0) is 36.8 Å². The number of carbonyl (C=O) groups is 1. The lowest BCUT2D eigenvalue weighted by Crippen LogP contribution is -2.35. The molecule has 0 radical (unpaired) electrons. The summed E-state index contributed by atoms with van der Waals surface area (Å²) in [5, 5.41) is 9.64. The molecular formula is C23H23N3O4S. The number of benzene rings is 2. The van der Waals surface area contributed by atoms with E-state index in [0.717, 1.165) is 28.2 Å². The molecule has 0 unspecified atom stereocenters. The summed E-state index contributed by atoms with van der Waals surface area (Å²) in [6.07, 6.45) is -0.389. The summed E-state index contributed by atoms with van der Waals surface area (Å²) < 4.78 is 33.6. The molecule has 31 heavy (non-hydrogen) atoms. The molecule has 2 aromatic carbocycles. The Morgan fingerprint density at radius 1 is 1.10 bits per heavy atom. The van der Waals surface area contributed by atoms with E-state index in [4.69, 9.17) is 10.00 Å². The molecule has 1 aromatic heterocycles. The number of ether oxygens (including phenoxy) is 1. The minimum atomic E-state index is -4.03. The van der Waals surface area contributed by atoms with Crippen LogP contribution in [0.25, 0.3) is 10.9 Å². The van der Waals surface area contributed by atoms with Gasteiger partial charge in [-0.1, -0.05) is 29.8 Å². The van der Waals surface area contributed by atoms with Crippen molar-refractivity contribution in [3.05, 3.63) is 65.4 Å². The minimum Gasteiger partial charge on any atom is -0.379 e. The van der Waals surface area contributed by atoms with Gasteiger partial charge < -0.3 is 4.74 Å². The molecule has 2 heterocycles. The minimum absolute atomic E-state index is 0.000600. The number of hydrogen-bond donors (Lipinski definition) is 0. The summed E-state index contributed by atoms with van der Waals surface area (Å²) in [7, 11) is -4.03. The number of nitriles is 1. The summed E-state index contributed by atoms with van der Waals surface area (Å²) in [6, 6.07) is 15.5. The summed E-state index contributed by atoms with van der Waals surface area (Å²) in [5.41, 5.74) is 2.32. The van der Waals surface area contributed by atoms with Crippen molar-refractivity contribution in [2.45, 2.75) is 24.8 Å². The Labute approximate surface area is 181 Å². The van der Waals surface area contributed by atoms with E-state index in [-0.39, 0.29) is 17.0 Å². The van der Waals surface area contributed by atoms with E-state index in [1.807, 2.05) is 31.2 Å². The predicted molar refractivity (Wildman–Crippen MR) is 116 cm³/mol. The number of aryl methyl sites for hydroxylation is 1. The van der Waals surface area contributed by atoms with Crippen molar-refractivity contribution < 1.29 is 17.9 Å². The predicted octanol–water partition coefficient (Wildman–Crippen LogP) is 3.12. The number of Topliss-reactive ketones (excluding diaryl/α,β-unsaturated/α-hetero) is 1. The van der Waals surface area contributed by atoms with Crippen molar-refractivity contribution in [2.24, 2.45) is 0 Å². The van der Waals surface area contributed by atoms with Crippen molar-refractivity contribution in [3.8, 4) is 6.07 Å². The number of ketones is 1. The second-order valence-corrected chi connectivity index (χ2v) is 9.44. The fourth-order valence-corrected chi connectivity index (χ4v) is 5.29. The van der Waals surface area contributed by atoms with Crippen LogP contribution in [0.3, 0.4) is 0 Å². The van der Waals surface area contributed by atoms with Crippen LogP contribution in [0.15, 0.2) is 53.4 Å². The van der Waals surface area contributed by atoms with Gasteiger partial charge in [-0.3, -0.25) is 9.69 Å². The van der Waals surface area contributed by atoms with Crippen LogP contribution in [0.1, 0.15) is 28.0 Å². The first-order chi connectivity index (χ1) is 14.9. The highest BCUT2D eigenvalue weighted by Crippen LogP contribution is 2.28. The van der Waals surface area contributed by atoms with Gasteiger partial charge in [0, 0.05) is 25.0 Å². The third kappa shape index (κ3) is 4.26. The van der Waals surface area contributed by atoms with Crippen LogP contribution < -0.4 is 0 Å². The number of morpholine rings is 1. The van der Waals surface area contributed by atoms with Crippen molar-refractivity contribution in [2.75, 3.05) is 26.3 Å². The maximum atomic E-state index is 13.6. The van der Waals surface area contributed by atoms with Gasteiger partial charge in [0.25, 0.3) is 10.0 Å². The molecule has 160 valence electrons. The molecule has 0 saturated carbocycles. The van der Waals surface area contributed by atoms with Gasteiger partial charge in [-0.25, -0.2) is 12.4 Å². The first-order valence-corrected chi connectivity index (χ1v) is 11.5. The van der Waals surface area contributed by atoms with E-state index in [1.165, 1.54) is 12.1 Å². The zero-order valence-corrected chi connectivity index (χ0v) is 18.1. The van der Waals surface area contributed by atoms with Gasteiger partial charge in [-0.15, -0.1) is 0 Å². The maximum Gasteiger partial charge on any atom is 0.268 e. The molecule has 1 aliphatic heterocycles. The highest BCUT2D eigenvalue weighted by Gasteiger charge is 2.26. The van der Waals surface area contributed by atoms with E-state index in [1.54, 1.807) is 18.2 Å². The SMILES string of the molecule is Cc1ccc(S(=O)(=O)n2c(C(=O)CC#N)cc3ccc(CN4CCOCC4)cc32)cc1. The molecule has 1 saturated heterocycles. The topological polar surface area (TPSA) is 92.4 Å². The summed E-state index contributed by atoms with van der Waals surface area (Å²) in [6.45, 7) is 5.51. The van der Waals surface area contributed by atoms with Gasteiger partial charge in [0.05, 0.1) is 29.7 Å². The zero-order valence-electron chi connectivity index (χ0n) is 17.2. The Hall–Kier alpha value is -2.99. The van der Waals surface area contributed by atoms with E-state index >= 15 is 0 Å². The first-order valence-electron chi connectivity index (χ1n) is 10.1. The lowest BCUT2D eigenvalue weighted by Gasteiger charge is -2.26. The number of nitrogens with zero attached hydrogens (tertiary/aromatic N) is 3. The number of carbonyl (C=O) groups excluding carboxylic acids is 1. The lowest BCUT2D eigenvalue weighted by atomic mass is 10.1. The molecule has 1 aliphatic rings. The number of aromatic nitrogens is 1. The van der Waals surface area contributed by atoms with E-state index in [9.17, 15) is 13.2 Å². The van der Waals surface area contributed by atoms with Gasteiger partial charge in [0.1, 0.15) is 12.1 Å². The van der Waals surface area contributed by atoms with E-state index in [0.29, 0.717) is 30.7 Å². The first kappa shape index (κ1) is 21.2. The average Bonchev–Trinajstić information content (AvgIpc) is 3.15. The van der Waals surface area contributed by atoms with E-state index < -0.39 is 15.8 Å². The fraction of sp³-hybridized carbons (Fsp3) is 0.304. The molecule has 0 aliphatic carbocycles. The van der Waals surface area contributed by atoms with Gasteiger partial charge in [-0.2, -0.15) is 5.26 Å². The fourth-order valence-electron chi connectivity index (χ4n) is 3.77. The van der Waals surface area contributed by atoms with Crippen molar-refractivity contribution in [3.63, 3.8) is 0 Å². The third-order valence-electron chi connectivity index (χ3n) is 5.42. The molecule has 4 rings (SSSR count). The number of rotatable bonds is 6. The summed E-state index contributed by atoms with van der Waals surface area (Å²) >= 11 is 0. The standard InChI is InChI=1S/C23H23N3O4S/c1-17-2-6-20(7-3-17)31(28,29)26-21-14-18(16-25-10-12-30-13-11-25)4-5-19(21)15-22(26)23(27)8-9-24/h2-7,14-15H,8,10-13,16H2,1H3. The van der Waals surface area contributed by atoms with Gasteiger partial charge >= 0.3 is 0 Å². The Morgan fingerprint density at radius 3 is 2.48 bits per heavy atom. The van der Waals surface area contributed by atoms with Crippen LogP contribution in [0.5, 0.6) is 0 Å². The van der Waals surface area contributed by atoms with Crippen molar-refractivity contribution in [1.29, 1.82) is 5.26 Å². The highest BCUT2D eigenvalue weighted by molar-refractivity contribution is 7.90. The number of fused-ring (bicyclic) bond motifs is 1. The van der Waals surface area contributed by atoms with Crippen LogP contribution in [-0.2, 0) is 21.3 Å². The van der Waals surface area contributed by atoms with Crippen molar-refractivity contribution in [1.82, 2.24) is 8.87 Å². The largest absolute Gasteiger partial charge is 0.379 e. The lowest BCUT2D eigenvalue weighted by molar-refractivity contribution is 0.0342. The quantitative estimate of drug-likeness (QED) is 0.550. The molecule has 0 spiro atoms. The Kier molecular flexibility index (Phi) is 5.92. The molecule has 0 atom stereocenters. The molecule has 0 N–H and O–H groups in total. The molecule has 7 nitrogen and oxygen atoms in total. The van der Waals surface area contributed by atoms with Crippen LogP contribution >= 0.6 is 0 Å². The molecule has 0 amide bonds. The Balaban J connectivity index is 1.85. The molecule has 0 bridgehead atoms. The van der Waals surface area contributed by atoms with Crippen molar-refractivity contribution >= 4 is 26.7 Å². The smallest absolute Gasteiger partial charge is 0.268 e. The highest BCUT2D eigenvalue weighted by atomic mass is 32.2. The van der Waals surface area contributed by atoms with Crippen LogP contribution in [0.4, 0.5) is 0 Å². The van der Waals surface area contributed by atoms with Crippen LogP contribution in [-0.4, -0.2) is 49.4 Å². The maximum absolute atomic E-state index is 13.6. The normalized spacial score (nSPS) is 15.1. The van der Waals surface area contributed by atoms with Gasteiger partial charge in [0.15, 0.2) is 5.78 Å². The Morgan fingerprint density at radius 2 is 1.81 bits per heavy atom. The molecule has 8 heteroatoms. The number of hydrogen-bond acceptors (Lipinski definition) is 6.